The van der Waals surface area contributed by atoms with Crippen LogP contribution in [-0.2, 0) is 9.59 Å². The van der Waals surface area contributed by atoms with Gasteiger partial charge in [0.15, 0.2) is 11.5 Å². The van der Waals surface area contributed by atoms with E-state index in [4.69, 9.17) is 9.47 Å². The molecule has 0 spiro atoms. The van der Waals surface area contributed by atoms with Crippen molar-refractivity contribution < 1.29 is 19.1 Å². The molecule has 0 saturated carbocycles. The first-order chi connectivity index (χ1) is 16.9. The Balaban J connectivity index is 1.50. The fraction of sp³-hybridized carbons (Fsp3) is 0.429. The van der Waals surface area contributed by atoms with Crippen LogP contribution in [-0.4, -0.2) is 67.6 Å². The van der Waals surface area contributed by atoms with E-state index in [1.807, 2.05) is 62.1 Å². The van der Waals surface area contributed by atoms with Gasteiger partial charge in [-0.25, -0.2) is 0 Å². The molecular weight excluding hydrogens is 442 g/mol. The number of rotatable bonds is 10. The van der Waals surface area contributed by atoms with Crippen LogP contribution in [0.1, 0.15) is 37.0 Å². The lowest BCUT2D eigenvalue weighted by Crippen LogP contribution is -2.50. The second-order valence-electron chi connectivity index (χ2n) is 8.74. The van der Waals surface area contributed by atoms with Gasteiger partial charge in [-0.1, -0.05) is 31.2 Å². The molecule has 0 radical (unpaired) electrons. The summed E-state index contributed by atoms with van der Waals surface area (Å²) in [5.74, 6) is 1.34. The van der Waals surface area contributed by atoms with Crippen LogP contribution in [0.25, 0.3) is 6.08 Å². The number of ether oxygens (including phenoxy) is 2. The van der Waals surface area contributed by atoms with E-state index >= 15 is 0 Å². The highest BCUT2D eigenvalue weighted by Crippen LogP contribution is 2.29. The maximum absolute atomic E-state index is 12.7. The first-order valence-corrected chi connectivity index (χ1v) is 12.4. The van der Waals surface area contributed by atoms with Crippen molar-refractivity contribution in [3.8, 4) is 11.5 Å². The molecule has 0 atom stereocenters. The largest absolute Gasteiger partial charge is 0.490 e. The molecule has 1 aliphatic heterocycles. The zero-order chi connectivity index (χ0) is 25.2. The average Bonchev–Trinajstić information content (AvgIpc) is 2.85. The van der Waals surface area contributed by atoms with Crippen molar-refractivity contribution in [2.45, 2.75) is 34.1 Å². The summed E-state index contributed by atoms with van der Waals surface area (Å²) in [4.78, 5) is 29.2. The van der Waals surface area contributed by atoms with Crippen molar-refractivity contribution in [3.63, 3.8) is 0 Å². The number of benzene rings is 2. The van der Waals surface area contributed by atoms with Crippen molar-refractivity contribution >= 4 is 23.6 Å². The third-order valence-corrected chi connectivity index (χ3v) is 5.94. The molecule has 2 aromatic carbocycles. The fourth-order valence-electron chi connectivity index (χ4n) is 4.02. The molecule has 1 fully saturated rings. The zero-order valence-corrected chi connectivity index (χ0v) is 21.3. The number of hydrogen-bond acceptors (Lipinski definition) is 5. The lowest BCUT2D eigenvalue weighted by Gasteiger charge is -2.33. The smallest absolute Gasteiger partial charge is 0.246 e. The summed E-state index contributed by atoms with van der Waals surface area (Å²) in [5.41, 5.74) is 3.87. The number of anilines is 1. The van der Waals surface area contributed by atoms with Gasteiger partial charge in [0.2, 0.25) is 11.8 Å². The van der Waals surface area contributed by atoms with Crippen molar-refractivity contribution in [2.24, 2.45) is 0 Å². The van der Waals surface area contributed by atoms with E-state index in [2.05, 4.69) is 17.1 Å². The lowest BCUT2D eigenvalue weighted by molar-refractivity contribution is -0.127. The van der Waals surface area contributed by atoms with E-state index < -0.39 is 0 Å². The molecule has 1 N–H and O–H groups in total. The predicted octanol–water partition coefficient (Wildman–Crippen LogP) is 4.29. The van der Waals surface area contributed by atoms with Gasteiger partial charge in [0.25, 0.3) is 0 Å². The number of hydrogen-bond donors (Lipinski definition) is 1. The second kappa shape index (κ2) is 13.0. The number of aryl methyl sites for hydroxylation is 2. The Hall–Kier alpha value is -3.32. The summed E-state index contributed by atoms with van der Waals surface area (Å²) >= 11 is 0. The molecule has 1 aliphatic rings. The van der Waals surface area contributed by atoms with Gasteiger partial charge in [-0.2, -0.15) is 0 Å². The molecule has 2 aromatic rings. The van der Waals surface area contributed by atoms with E-state index in [1.54, 1.807) is 12.2 Å². The Bertz CT molecular complexity index is 1020. The highest BCUT2D eigenvalue weighted by atomic mass is 16.5. The predicted molar refractivity (Wildman–Crippen MR) is 140 cm³/mol. The van der Waals surface area contributed by atoms with Gasteiger partial charge < -0.3 is 19.7 Å². The minimum atomic E-state index is -0.0334. The molecule has 1 heterocycles. The highest BCUT2D eigenvalue weighted by molar-refractivity contribution is 5.94. The quantitative estimate of drug-likeness (QED) is 0.515. The Morgan fingerprint density at radius 3 is 2.34 bits per heavy atom. The SMILES string of the molecule is CCCOc1ccc(/C=C/C(=O)N2CCN(CC(=O)Nc3c(C)cccc3C)CC2)cc1OCC. The molecule has 2 amide bonds. The van der Waals surface area contributed by atoms with E-state index in [-0.39, 0.29) is 11.8 Å². The molecule has 0 unspecified atom stereocenters. The topological polar surface area (TPSA) is 71.1 Å². The molecule has 0 bridgehead atoms. The van der Waals surface area contributed by atoms with Crippen LogP contribution < -0.4 is 14.8 Å². The van der Waals surface area contributed by atoms with E-state index in [9.17, 15) is 9.59 Å². The number of nitrogens with zero attached hydrogens (tertiary/aromatic N) is 2. The van der Waals surface area contributed by atoms with Crippen LogP contribution in [0.2, 0.25) is 0 Å². The fourth-order valence-corrected chi connectivity index (χ4v) is 4.02. The van der Waals surface area contributed by atoms with Crippen LogP contribution in [0.4, 0.5) is 5.69 Å². The molecule has 0 aromatic heterocycles. The summed E-state index contributed by atoms with van der Waals surface area (Å²) in [6, 6.07) is 11.7. The third-order valence-electron chi connectivity index (χ3n) is 5.94. The molecule has 7 nitrogen and oxygen atoms in total. The first-order valence-electron chi connectivity index (χ1n) is 12.4. The van der Waals surface area contributed by atoms with Gasteiger partial charge >= 0.3 is 0 Å². The zero-order valence-electron chi connectivity index (χ0n) is 21.3. The minimum Gasteiger partial charge on any atom is -0.490 e. The summed E-state index contributed by atoms with van der Waals surface area (Å²) in [6.45, 7) is 12.0. The van der Waals surface area contributed by atoms with E-state index in [0.717, 1.165) is 34.5 Å². The van der Waals surface area contributed by atoms with E-state index in [0.29, 0.717) is 51.7 Å². The van der Waals surface area contributed by atoms with Gasteiger partial charge in [-0.05, 0) is 62.1 Å². The van der Waals surface area contributed by atoms with Crippen molar-refractivity contribution in [3.05, 3.63) is 59.2 Å². The molecule has 0 aliphatic carbocycles. The van der Waals surface area contributed by atoms with Crippen LogP contribution >= 0.6 is 0 Å². The molecular formula is C28H37N3O4. The molecule has 3 rings (SSSR count). The number of carbonyl (C=O) groups is 2. The molecule has 188 valence electrons. The maximum atomic E-state index is 12.7. The third kappa shape index (κ3) is 7.59. The number of para-hydroxylation sites is 1. The summed E-state index contributed by atoms with van der Waals surface area (Å²) in [6.07, 6.45) is 4.33. The van der Waals surface area contributed by atoms with Gasteiger partial charge in [-0.3, -0.25) is 14.5 Å². The second-order valence-corrected chi connectivity index (χ2v) is 8.74. The highest BCUT2D eigenvalue weighted by Gasteiger charge is 2.21. The molecule has 35 heavy (non-hydrogen) atoms. The van der Waals surface area contributed by atoms with Crippen LogP contribution in [0, 0.1) is 13.8 Å². The number of nitrogens with one attached hydrogen (secondary N) is 1. The first kappa shape index (κ1) is 26.3. The van der Waals surface area contributed by atoms with E-state index in [1.165, 1.54) is 0 Å². The lowest BCUT2D eigenvalue weighted by atomic mass is 10.1. The number of piperazine rings is 1. The van der Waals surface area contributed by atoms with Crippen molar-refractivity contribution in [2.75, 3.05) is 51.3 Å². The minimum absolute atomic E-state index is 0.0291. The summed E-state index contributed by atoms with van der Waals surface area (Å²) < 4.78 is 11.4. The molecule has 7 heteroatoms. The average molecular weight is 480 g/mol. The van der Waals surface area contributed by atoms with Gasteiger partial charge in [0.05, 0.1) is 19.8 Å². The number of amides is 2. The van der Waals surface area contributed by atoms with Gasteiger partial charge in [0.1, 0.15) is 0 Å². The van der Waals surface area contributed by atoms with Crippen molar-refractivity contribution in [1.29, 1.82) is 0 Å². The Labute approximate surface area is 208 Å². The Kier molecular flexibility index (Phi) is 9.73. The van der Waals surface area contributed by atoms with Crippen LogP contribution in [0.3, 0.4) is 0 Å². The Morgan fingerprint density at radius 2 is 1.69 bits per heavy atom. The van der Waals surface area contributed by atoms with Gasteiger partial charge in [-0.15, -0.1) is 0 Å². The Morgan fingerprint density at radius 1 is 0.971 bits per heavy atom. The number of carbonyl (C=O) groups excluding carboxylic acids is 2. The standard InChI is InChI=1S/C28H37N3O4/c1-5-18-35-24-12-10-23(19-25(24)34-6-2)11-13-27(33)31-16-14-30(15-17-31)20-26(32)29-28-21(3)8-7-9-22(28)4/h7-13,19H,5-6,14-18,20H2,1-4H3,(H,29,32)/b13-11+. The summed E-state index contributed by atoms with van der Waals surface area (Å²) in [5, 5.41) is 3.04. The normalized spacial score (nSPS) is 14.2. The summed E-state index contributed by atoms with van der Waals surface area (Å²) in [7, 11) is 0. The van der Waals surface area contributed by atoms with Gasteiger partial charge in [0, 0.05) is 37.9 Å². The van der Waals surface area contributed by atoms with Crippen LogP contribution in [0.5, 0.6) is 11.5 Å². The molecule has 1 saturated heterocycles. The van der Waals surface area contributed by atoms with Crippen LogP contribution in [0.15, 0.2) is 42.5 Å². The monoisotopic (exact) mass is 479 g/mol. The van der Waals surface area contributed by atoms with Crippen molar-refractivity contribution in [1.82, 2.24) is 9.80 Å². The maximum Gasteiger partial charge on any atom is 0.246 e.